The molecule has 3 rings (SSSR count). The number of likely N-dealkylation sites (N-methyl/N-ethyl adjacent to an activating group) is 1. The van der Waals surface area contributed by atoms with Gasteiger partial charge in [0.25, 0.3) is 0 Å². The van der Waals surface area contributed by atoms with Gasteiger partial charge < -0.3 is 14.6 Å². The lowest BCUT2D eigenvalue weighted by atomic mass is 9.81. The van der Waals surface area contributed by atoms with Gasteiger partial charge in [-0.3, -0.25) is 0 Å². The van der Waals surface area contributed by atoms with E-state index in [2.05, 4.69) is 44.6 Å². The zero-order valence-electron chi connectivity index (χ0n) is 16.6. The molecular weight excluding hydrogens is 341 g/mol. The van der Waals surface area contributed by atoms with Crippen LogP contribution in [-0.4, -0.2) is 39.3 Å². The van der Waals surface area contributed by atoms with E-state index < -0.39 is 0 Å². The van der Waals surface area contributed by atoms with Crippen molar-refractivity contribution >= 4 is 11.3 Å². The Morgan fingerprint density at radius 3 is 2.30 bits per heavy atom. The van der Waals surface area contributed by atoms with Crippen LogP contribution < -0.4 is 0 Å². The lowest BCUT2D eigenvalue weighted by molar-refractivity contribution is 0.221. The minimum absolute atomic E-state index is 0.0521. The number of aliphatic hydroxyl groups excluding tert-OH is 1. The van der Waals surface area contributed by atoms with Crippen LogP contribution in [0.3, 0.4) is 0 Å². The number of halogens is 1. The Hall–Kier alpha value is -2.40. The summed E-state index contributed by atoms with van der Waals surface area (Å²) in [6.45, 7) is 8.63. The first-order valence-electron chi connectivity index (χ1n) is 9.42. The molecule has 0 amide bonds. The summed E-state index contributed by atoms with van der Waals surface area (Å²) in [7, 11) is 2.09. The molecule has 1 aliphatic rings. The largest absolute Gasteiger partial charge is 0.392 e. The Bertz CT molecular complexity index is 848. The van der Waals surface area contributed by atoms with Crippen molar-refractivity contribution in [1.82, 2.24) is 14.5 Å². The zero-order valence-corrected chi connectivity index (χ0v) is 16.6. The molecule has 2 aromatic rings. The molecule has 0 fully saturated rings. The van der Waals surface area contributed by atoms with Crippen LogP contribution in [-0.2, 0) is 0 Å². The maximum Gasteiger partial charge on any atom is 0.123 e. The molecule has 144 valence electrons. The van der Waals surface area contributed by atoms with E-state index >= 15 is 0 Å². The molecule has 1 atom stereocenters. The monoisotopic (exact) mass is 369 g/mol. The van der Waals surface area contributed by atoms with Gasteiger partial charge in [-0.1, -0.05) is 39.8 Å². The average Bonchev–Trinajstić information content (AvgIpc) is 3.15. The van der Waals surface area contributed by atoms with E-state index in [-0.39, 0.29) is 24.4 Å². The Balaban J connectivity index is 2.38. The summed E-state index contributed by atoms with van der Waals surface area (Å²) in [6.07, 6.45) is 5.44. The van der Waals surface area contributed by atoms with Gasteiger partial charge in [-0.05, 0) is 35.1 Å². The van der Waals surface area contributed by atoms with Crippen molar-refractivity contribution in [3.8, 4) is 0 Å². The second-order valence-corrected chi connectivity index (χ2v) is 7.72. The van der Waals surface area contributed by atoms with Gasteiger partial charge in [0.15, 0.2) is 0 Å². The highest BCUT2D eigenvalue weighted by atomic mass is 19.1. The predicted molar refractivity (Wildman–Crippen MR) is 107 cm³/mol. The smallest absolute Gasteiger partial charge is 0.123 e. The van der Waals surface area contributed by atoms with Crippen molar-refractivity contribution in [2.75, 3.05) is 13.7 Å². The number of benzene rings is 1. The summed E-state index contributed by atoms with van der Waals surface area (Å²) in [6, 6.07) is 6.59. The van der Waals surface area contributed by atoms with Gasteiger partial charge in [0, 0.05) is 30.7 Å². The summed E-state index contributed by atoms with van der Waals surface area (Å²) in [5.41, 5.74) is 5.00. The Labute approximate surface area is 160 Å². The first-order chi connectivity index (χ1) is 12.9. The third kappa shape index (κ3) is 3.44. The van der Waals surface area contributed by atoms with Gasteiger partial charge in [-0.2, -0.15) is 0 Å². The Kier molecular flexibility index (Phi) is 5.51. The molecule has 0 bridgehead atoms. The number of hydrogen-bond acceptors (Lipinski definition) is 3. The highest BCUT2D eigenvalue weighted by Gasteiger charge is 2.36. The summed E-state index contributed by atoms with van der Waals surface area (Å²) in [5, 5.41) is 10.3. The Morgan fingerprint density at radius 1 is 1.15 bits per heavy atom. The summed E-state index contributed by atoms with van der Waals surface area (Å²) >= 11 is 0. The third-order valence-corrected chi connectivity index (χ3v) is 5.20. The number of rotatable bonds is 5. The van der Waals surface area contributed by atoms with Crippen LogP contribution >= 0.6 is 0 Å². The van der Waals surface area contributed by atoms with E-state index in [0.29, 0.717) is 5.92 Å². The van der Waals surface area contributed by atoms with Crippen LogP contribution in [0.25, 0.3) is 11.3 Å². The highest BCUT2D eigenvalue weighted by molar-refractivity contribution is 6.02. The van der Waals surface area contributed by atoms with Gasteiger partial charge in [-0.15, -0.1) is 0 Å². The molecule has 1 aliphatic heterocycles. The van der Waals surface area contributed by atoms with Gasteiger partial charge in [0.05, 0.1) is 24.7 Å². The first-order valence-corrected chi connectivity index (χ1v) is 9.42. The molecule has 0 saturated carbocycles. The number of aromatic nitrogens is 2. The Morgan fingerprint density at radius 2 is 1.81 bits per heavy atom. The average molecular weight is 369 g/mol. The molecule has 27 heavy (non-hydrogen) atoms. The van der Waals surface area contributed by atoms with Crippen LogP contribution in [0.5, 0.6) is 0 Å². The molecule has 0 aliphatic carbocycles. The molecule has 0 saturated heterocycles. The van der Waals surface area contributed by atoms with Crippen molar-refractivity contribution in [2.24, 2.45) is 11.8 Å². The van der Waals surface area contributed by atoms with E-state index in [9.17, 15) is 9.50 Å². The van der Waals surface area contributed by atoms with E-state index in [1.54, 1.807) is 24.7 Å². The minimum Gasteiger partial charge on any atom is -0.392 e. The van der Waals surface area contributed by atoms with Crippen LogP contribution in [0.4, 0.5) is 4.39 Å². The number of nitrogens with zero attached hydrogens (tertiary/aromatic N) is 3. The number of imidazole rings is 1. The van der Waals surface area contributed by atoms with Crippen molar-refractivity contribution in [2.45, 2.75) is 33.7 Å². The van der Waals surface area contributed by atoms with E-state index in [1.807, 2.05) is 10.8 Å². The van der Waals surface area contributed by atoms with E-state index in [4.69, 9.17) is 0 Å². The molecule has 2 heterocycles. The SMILES string of the molecule is CC(C)C1=C(n2ccnc2)C(c2ccc(F)cc2)=C(CO)C(C(C)C)N1C. The molecule has 1 unspecified atom stereocenters. The quantitative estimate of drug-likeness (QED) is 0.856. The second kappa shape index (κ2) is 7.69. The van der Waals surface area contributed by atoms with Crippen LogP contribution in [0.1, 0.15) is 33.3 Å². The normalized spacial score (nSPS) is 18.3. The highest BCUT2D eigenvalue weighted by Crippen LogP contribution is 2.43. The lowest BCUT2D eigenvalue weighted by Gasteiger charge is -2.44. The second-order valence-electron chi connectivity index (χ2n) is 7.72. The molecule has 4 nitrogen and oxygen atoms in total. The van der Waals surface area contributed by atoms with Crippen LogP contribution in [0, 0.1) is 17.7 Å². The molecule has 5 heteroatoms. The maximum atomic E-state index is 13.6. The lowest BCUT2D eigenvalue weighted by Crippen LogP contribution is -2.43. The van der Waals surface area contributed by atoms with E-state index in [0.717, 1.165) is 22.4 Å². The topological polar surface area (TPSA) is 41.3 Å². The maximum absolute atomic E-state index is 13.6. The third-order valence-electron chi connectivity index (χ3n) is 5.20. The van der Waals surface area contributed by atoms with Gasteiger partial charge in [-0.25, -0.2) is 9.37 Å². The summed E-state index contributed by atoms with van der Waals surface area (Å²) in [4.78, 5) is 6.51. The minimum atomic E-state index is -0.268. The first kappa shape index (κ1) is 19.4. The standard InChI is InChI=1S/C22H28FN3O/c1-14(2)20-18(12-27)19(16-6-8-17(23)9-7-16)22(26-11-10-24-13-26)21(15(3)4)25(20)5/h6-11,13-15,20,27H,12H2,1-5H3. The van der Waals surface area contributed by atoms with Crippen molar-refractivity contribution in [3.63, 3.8) is 0 Å². The van der Waals surface area contributed by atoms with E-state index in [1.165, 1.54) is 17.8 Å². The van der Waals surface area contributed by atoms with Crippen molar-refractivity contribution < 1.29 is 9.50 Å². The van der Waals surface area contributed by atoms with Crippen LogP contribution in [0.15, 0.2) is 54.3 Å². The fourth-order valence-corrected chi connectivity index (χ4v) is 4.27. The summed E-state index contributed by atoms with van der Waals surface area (Å²) < 4.78 is 15.6. The molecular formula is C22H28FN3O. The molecule has 0 spiro atoms. The number of aliphatic hydroxyl groups is 1. The van der Waals surface area contributed by atoms with Crippen LogP contribution in [0.2, 0.25) is 0 Å². The number of allylic oxidation sites excluding steroid dienone is 3. The summed E-state index contributed by atoms with van der Waals surface area (Å²) in [5.74, 6) is 0.311. The fourth-order valence-electron chi connectivity index (χ4n) is 4.27. The van der Waals surface area contributed by atoms with Crippen molar-refractivity contribution in [1.29, 1.82) is 0 Å². The predicted octanol–water partition coefficient (Wildman–Crippen LogP) is 4.26. The molecule has 1 aromatic heterocycles. The number of hydrogen-bond donors (Lipinski definition) is 1. The van der Waals surface area contributed by atoms with Crippen molar-refractivity contribution in [3.05, 3.63) is 65.6 Å². The fraction of sp³-hybridized carbons (Fsp3) is 0.409. The van der Waals surface area contributed by atoms with Gasteiger partial charge >= 0.3 is 0 Å². The zero-order chi connectivity index (χ0) is 19.7. The van der Waals surface area contributed by atoms with Gasteiger partial charge in [0.1, 0.15) is 5.82 Å². The molecule has 1 aromatic carbocycles. The molecule has 0 radical (unpaired) electrons. The van der Waals surface area contributed by atoms with Gasteiger partial charge in [0.2, 0.25) is 0 Å². The molecule has 1 N–H and O–H groups in total.